The van der Waals surface area contributed by atoms with Gasteiger partial charge in [0.1, 0.15) is 22.7 Å². The number of anilines is 6. The second kappa shape index (κ2) is 14.3. The molecule has 0 spiro atoms. The minimum atomic E-state index is 0.802. The SMILES string of the molecule is c1ccc2c(N(c3ccc4c(c3)Oc3cccc5c3c-4cc3oc4cc(N(c6cccc7ccccc67)c6cccc7ccccc67)ccc4c35)c3cccc4ccccc34)cccc2c1. The van der Waals surface area contributed by atoms with Crippen molar-refractivity contribution in [2.75, 3.05) is 9.80 Å². The number of ether oxygens (including phenoxy) is 1. The van der Waals surface area contributed by atoms with Gasteiger partial charge in [-0.15, -0.1) is 0 Å². The molecule has 0 bridgehead atoms. The van der Waals surface area contributed by atoms with Crippen LogP contribution in [0.2, 0.25) is 0 Å². The predicted octanol–water partition coefficient (Wildman–Crippen LogP) is 18.1. The molecule has 1 aliphatic rings. The van der Waals surface area contributed by atoms with Crippen molar-refractivity contribution in [3.8, 4) is 22.6 Å². The Morgan fingerprint density at radius 1 is 0.273 bits per heavy atom. The van der Waals surface area contributed by atoms with Gasteiger partial charge in [0.2, 0.25) is 0 Å². The van der Waals surface area contributed by atoms with Crippen LogP contribution in [0.4, 0.5) is 34.1 Å². The van der Waals surface area contributed by atoms with Crippen LogP contribution in [-0.4, -0.2) is 0 Å². The van der Waals surface area contributed by atoms with Crippen LogP contribution >= 0.6 is 0 Å². The highest BCUT2D eigenvalue weighted by atomic mass is 16.5. The molecule has 0 radical (unpaired) electrons. The highest BCUT2D eigenvalue weighted by Crippen LogP contribution is 2.53. The molecule has 0 fully saturated rings. The van der Waals surface area contributed by atoms with Crippen LogP contribution in [0.1, 0.15) is 0 Å². The summed E-state index contributed by atoms with van der Waals surface area (Å²) in [5.41, 5.74) is 10.2. The Morgan fingerprint density at radius 3 is 1.24 bits per heavy atom. The first kappa shape index (κ1) is 36.6. The second-order valence-corrected chi connectivity index (χ2v) is 17.2. The van der Waals surface area contributed by atoms with E-state index in [0.717, 1.165) is 89.5 Å². The molecule has 1 aromatic heterocycles. The molecule has 308 valence electrons. The van der Waals surface area contributed by atoms with Crippen molar-refractivity contribution in [2.24, 2.45) is 0 Å². The van der Waals surface area contributed by atoms with Crippen molar-refractivity contribution in [3.05, 3.63) is 231 Å². The molecule has 0 unspecified atom stereocenters. The molecule has 66 heavy (non-hydrogen) atoms. The summed E-state index contributed by atoms with van der Waals surface area (Å²) < 4.78 is 14.0. The van der Waals surface area contributed by atoms with Crippen LogP contribution in [0.25, 0.3) is 86.9 Å². The molecule has 2 heterocycles. The third kappa shape index (κ3) is 5.52. The van der Waals surface area contributed by atoms with Gasteiger partial charge in [-0.05, 0) is 87.6 Å². The topological polar surface area (TPSA) is 28.9 Å². The van der Waals surface area contributed by atoms with E-state index in [1.54, 1.807) is 0 Å². The van der Waals surface area contributed by atoms with Gasteiger partial charge in [-0.25, -0.2) is 0 Å². The highest BCUT2D eigenvalue weighted by molar-refractivity contribution is 6.24. The summed E-state index contributed by atoms with van der Waals surface area (Å²) in [6.07, 6.45) is 0. The van der Waals surface area contributed by atoms with Crippen molar-refractivity contribution in [1.29, 1.82) is 0 Å². The Morgan fingerprint density at radius 2 is 0.712 bits per heavy atom. The summed E-state index contributed by atoms with van der Waals surface area (Å²) in [4.78, 5) is 4.76. The Bertz CT molecular complexity index is 3950. The quantitative estimate of drug-likeness (QED) is 0.167. The Kier molecular flexibility index (Phi) is 7.95. The molecular formula is C62H38N2O2. The first-order chi connectivity index (χ1) is 32.7. The lowest BCUT2D eigenvalue weighted by molar-refractivity contribution is 0.487. The molecule has 0 saturated carbocycles. The molecule has 1 aliphatic heterocycles. The zero-order valence-electron chi connectivity index (χ0n) is 35.7. The van der Waals surface area contributed by atoms with Crippen LogP contribution < -0.4 is 14.5 Å². The first-order valence-corrected chi connectivity index (χ1v) is 22.5. The van der Waals surface area contributed by atoms with Gasteiger partial charge >= 0.3 is 0 Å². The van der Waals surface area contributed by atoms with Gasteiger partial charge in [0.25, 0.3) is 0 Å². The summed E-state index contributed by atoms with van der Waals surface area (Å²) in [6, 6.07) is 82.6. The van der Waals surface area contributed by atoms with E-state index in [4.69, 9.17) is 9.15 Å². The van der Waals surface area contributed by atoms with Crippen molar-refractivity contribution in [3.63, 3.8) is 0 Å². The average molecular weight is 843 g/mol. The number of hydrogen-bond acceptors (Lipinski definition) is 4. The lowest BCUT2D eigenvalue weighted by atomic mass is 9.91. The Balaban J connectivity index is 0.949. The molecule has 4 heteroatoms. The van der Waals surface area contributed by atoms with E-state index in [1.807, 2.05) is 0 Å². The number of furan rings is 1. The summed E-state index contributed by atoms with van der Waals surface area (Å²) >= 11 is 0. The van der Waals surface area contributed by atoms with Crippen LogP contribution in [-0.2, 0) is 0 Å². The maximum Gasteiger partial charge on any atom is 0.137 e. The second-order valence-electron chi connectivity index (χ2n) is 17.2. The largest absolute Gasteiger partial charge is 0.456 e. The molecule has 0 aliphatic carbocycles. The van der Waals surface area contributed by atoms with Gasteiger partial charge < -0.3 is 19.0 Å². The summed E-state index contributed by atoms with van der Waals surface area (Å²) in [5.74, 6) is 1.64. The smallest absolute Gasteiger partial charge is 0.137 e. The summed E-state index contributed by atoms with van der Waals surface area (Å²) in [7, 11) is 0. The van der Waals surface area contributed by atoms with Gasteiger partial charge in [-0.2, -0.15) is 0 Å². The van der Waals surface area contributed by atoms with E-state index >= 15 is 0 Å². The molecule has 0 N–H and O–H groups in total. The Labute approximate surface area is 380 Å². The maximum absolute atomic E-state index is 7.00. The summed E-state index contributed by atoms with van der Waals surface area (Å²) in [6.45, 7) is 0. The van der Waals surface area contributed by atoms with Crippen molar-refractivity contribution >= 4 is 110 Å². The Hall–Kier alpha value is -8.86. The minimum Gasteiger partial charge on any atom is -0.456 e. The molecular weight excluding hydrogens is 805 g/mol. The molecule has 4 nitrogen and oxygen atoms in total. The number of nitrogens with zero attached hydrogens (tertiary/aromatic N) is 2. The lowest BCUT2D eigenvalue weighted by Gasteiger charge is -2.30. The fourth-order valence-electron chi connectivity index (χ4n) is 10.6. The first-order valence-electron chi connectivity index (χ1n) is 22.5. The molecule has 13 aromatic rings. The third-order valence-electron chi connectivity index (χ3n) is 13.6. The fraction of sp³-hybridized carbons (Fsp3) is 0. The van der Waals surface area contributed by atoms with E-state index in [1.165, 1.54) is 43.1 Å². The average Bonchev–Trinajstić information content (AvgIpc) is 3.75. The van der Waals surface area contributed by atoms with E-state index < -0.39 is 0 Å². The van der Waals surface area contributed by atoms with E-state index in [-0.39, 0.29) is 0 Å². The molecule has 0 amide bonds. The van der Waals surface area contributed by atoms with Gasteiger partial charge in [-0.3, -0.25) is 0 Å². The van der Waals surface area contributed by atoms with Crippen molar-refractivity contribution in [1.82, 2.24) is 0 Å². The number of hydrogen-bond donors (Lipinski definition) is 0. The van der Waals surface area contributed by atoms with Crippen LogP contribution in [0.15, 0.2) is 235 Å². The number of rotatable bonds is 6. The monoisotopic (exact) mass is 842 g/mol. The van der Waals surface area contributed by atoms with Gasteiger partial charge in [0, 0.05) is 72.3 Å². The number of benzene rings is 12. The molecule has 12 aromatic carbocycles. The van der Waals surface area contributed by atoms with E-state index in [9.17, 15) is 0 Å². The van der Waals surface area contributed by atoms with Crippen LogP contribution in [0.3, 0.4) is 0 Å². The summed E-state index contributed by atoms with van der Waals surface area (Å²) in [5, 5.41) is 13.8. The zero-order chi connectivity index (χ0) is 43.3. The lowest BCUT2D eigenvalue weighted by Crippen LogP contribution is -2.11. The van der Waals surface area contributed by atoms with Gasteiger partial charge in [0.05, 0.1) is 22.7 Å². The normalized spacial score (nSPS) is 12.1. The fourth-order valence-corrected chi connectivity index (χ4v) is 10.6. The van der Waals surface area contributed by atoms with Gasteiger partial charge in [0.15, 0.2) is 0 Å². The van der Waals surface area contributed by atoms with Crippen LogP contribution in [0.5, 0.6) is 11.5 Å². The van der Waals surface area contributed by atoms with Gasteiger partial charge in [-0.1, -0.05) is 158 Å². The van der Waals surface area contributed by atoms with E-state index in [2.05, 4.69) is 240 Å². The van der Waals surface area contributed by atoms with Crippen LogP contribution in [0, 0.1) is 0 Å². The van der Waals surface area contributed by atoms with Crippen molar-refractivity contribution in [2.45, 2.75) is 0 Å². The standard InChI is InChI=1S/C62H38N2O2/c1-5-22-45-39(14-1)18-9-27-53(45)63(54-28-10-19-40-15-2-6-23-46(40)54)43-32-34-49-52-38-60-61(51-26-13-31-57(62(51)52)65-58(49)36-43)50-35-33-44(37-59(50)66-60)64(55-29-11-20-41-16-3-7-24-47(41)55)56-30-12-21-42-17-4-8-25-48(42)56/h1-38H. The number of fused-ring (bicyclic) bond motifs is 10. The molecule has 14 rings (SSSR count). The maximum atomic E-state index is 7.00. The highest BCUT2D eigenvalue weighted by Gasteiger charge is 2.27. The minimum absolute atomic E-state index is 0.802. The molecule has 0 atom stereocenters. The van der Waals surface area contributed by atoms with Crippen molar-refractivity contribution < 1.29 is 9.15 Å². The molecule has 0 saturated heterocycles. The zero-order valence-corrected chi connectivity index (χ0v) is 35.7. The third-order valence-corrected chi connectivity index (χ3v) is 13.6. The van der Waals surface area contributed by atoms with E-state index in [0.29, 0.717) is 0 Å². The predicted molar refractivity (Wildman–Crippen MR) is 276 cm³/mol.